The molecule has 0 aromatic heterocycles. The molecule has 0 saturated heterocycles. The Labute approximate surface area is 184 Å². The van der Waals surface area contributed by atoms with Crippen molar-refractivity contribution in [3.8, 4) is 0 Å². The van der Waals surface area contributed by atoms with E-state index in [0.717, 1.165) is 45.7 Å². The van der Waals surface area contributed by atoms with E-state index in [2.05, 4.69) is 92.1 Å². The first kappa shape index (κ1) is 22.8. The molecule has 0 aliphatic carbocycles. The Hall–Kier alpha value is -1.84. The van der Waals surface area contributed by atoms with Crippen molar-refractivity contribution in [2.24, 2.45) is 5.92 Å². The predicted octanol–water partition coefficient (Wildman–Crippen LogP) is 5.95. The number of hydrogen-bond donors (Lipinski definition) is 0. The normalized spacial score (nSPS) is 17.4. The first-order valence-electron chi connectivity index (χ1n) is 11.8. The van der Waals surface area contributed by atoms with Crippen LogP contribution in [0.4, 0.5) is 5.69 Å². The molecule has 164 valence electrons. The summed E-state index contributed by atoms with van der Waals surface area (Å²) < 4.78 is 6.19. The zero-order valence-corrected chi connectivity index (χ0v) is 19.4. The fourth-order valence-corrected chi connectivity index (χ4v) is 4.64. The van der Waals surface area contributed by atoms with E-state index in [9.17, 15) is 0 Å². The van der Waals surface area contributed by atoms with Crippen molar-refractivity contribution in [3.63, 3.8) is 0 Å². The number of para-hydroxylation sites is 1. The van der Waals surface area contributed by atoms with Crippen LogP contribution >= 0.6 is 0 Å². The molecule has 2 unspecified atom stereocenters. The van der Waals surface area contributed by atoms with Crippen LogP contribution in [0.25, 0.3) is 0 Å². The van der Waals surface area contributed by atoms with Crippen LogP contribution in [0.5, 0.6) is 0 Å². The average molecular weight is 409 g/mol. The van der Waals surface area contributed by atoms with E-state index in [1.807, 2.05) is 0 Å². The highest BCUT2D eigenvalue weighted by atomic mass is 16.5. The highest BCUT2D eigenvalue weighted by Gasteiger charge is 2.30. The second kappa shape index (κ2) is 11.5. The summed E-state index contributed by atoms with van der Waals surface area (Å²) in [4.78, 5) is 5.22. The summed E-state index contributed by atoms with van der Waals surface area (Å²) in [5, 5.41) is 0. The zero-order chi connectivity index (χ0) is 21.3. The molecule has 3 nitrogen and oxygen atoms in total. The average Bonchev–Trinajstić information content (AvgIpc) is 2.77. The molecule has 1 heterocycles. The lowest BCUT2D eigenvalue weighted by Gasteiger charge is -2.43. The van der Waals surface area contributed by atoms with Crippen molar-refractivity contribution >= 4 is 5.69 Å². The lowest BCUT2D eigenvalue weighted by molar-refractivity contribution is 0.0595. The second-order valence-corrected chi connectivity index (χ2v) is 8.88. The SMILES string of the molecule is CCN(CC)C(COCCC(C)C)CN1c2ccccc2CCC1c1ccccc1. The van der Waals surface area contributed by atoms with Crippen LogP contribution in [0.2, 0.25) is 0 Å². The molecule has 0 bridgehead atoms. The minimum absolute atomic E-state index is 0.393. The maximum atomic E-state index is 6.19. The summed E-state index contributed by atoms with van der Waals surface area (Å²) in [6.07, 6.45) is 3.44. The number of anilines is 1. The van der Waals surface area contributed by atoms with Gasteiger partial charge >= 0.3 is 0 Å². The van der Waals surface area contributed by atoms with E-state index in [1.54, 1.807) is 0 Å². The zero-order valence-electron chi connectivity index (χ0n) is 19.4. The van der Waals surface area contributed by atoms with Crippen LogP contribution in [0.1, 0.15) is 57.7 Å². The predicted molar refractivity (Wildman–Crippen MR) is 128 cm³/mol. The molecule has 2 aromatic rings. The Morgan fingerprint density at radius 1 is 1.00 bits per heavy atom. The maximum absolute atomic E-state index is 6.19. The number of likely N-dealkylation sites (N-methyl/N-ethyl adjacent to an activating group) is 1. The molecule has 0 fully saturated rings. The highest BCUT2D eigenvalue weighted by Crippen LogP contribution is 2.38. The molecular weight excluding hydrogens is 368 g/mol. The van der Waals surface area contributed by atoms with Crippen molar-refractivity contribution in [2.45, 2.75) is 59.0 Å². The number of hydrogen-bond acceptors (Lipinski definition) is 3. The van der Waals surface area contributed by atoms with Gasteiger partial charge < -0.3 is 9.64 Å². The molecule has 30 heavy (non-hydrogen) atoms. The van der Waals surface area contributed by atoms with Crippen LogP contribution in [0, 0.1) is 5.92 Å². The Morgan fingerprint density at radius 3 is 2.40 bits per heavy atom. The molecule has 0 amide bonds. The molecule has 1 aliphatic rings. The van der Waals surface area contributed by atoms with E-state index in [-0.39, 0.29) is 0 Å². The third-order valence-corrected chi connectivity index (χ3v) is 6.43. The van der Waals surface area contributed by atoms with E-state index >= 15 is 0 Å². The van der Waals surface area contributed by atoms with Gasteiger partial charge in [0.25, 0.3) is 0 Å². The number of rotatable bonds is 11. The summed E-state index contributed by atoms with van der Waals surface area (Å²) in [6, 6.07) is 20.8. The Bertz CT molecular complexity index is 742. The Kier molecular flexibility index (Phi) is 8.77. The van der Waals surface area contributed by atoms with Gasteiger partial charge in [0.05, 0.1) is 18.7 Å². The number of aryl methyl sites for hydroxylation is 1. The van der Waals surface area contributed by atoms with E-state index < -0.39 is 0 Å². The van der Waals surface area contributed by atoms with Gasteiger partial charge in [-0.1, -0.05) is 76.2 Å². The molecule has 0 saturated carbocycles. The van der Waals surface area contributed by atoms with Crippen LogP contribution in [0.3, 0.4) is 0 Å². The van der Waals surface area contributed by atoms with Crippen LogP contribution in [-0.4, -0.2) is 43.8 Å². The summed E-state index contributed by atoms with van der Waals surface area (Å²) in [7, 11) is 0. The monoisotopic (exact) mass is 408 g/mol. The van der Waals surface area contributed by atoms with Gasteiger partial charge in [0, 0.05) is 18.8 Å². The first-order chi connectivity index (χ1) is 14.6. The molecule has 3 heteroatoms. The maximum Gasteiger partial charge on any atom is 0.0639 e. The highest BCUT2D eigenvalue weighted by molar-refractivity contribution is 5.57. The Balaban J connectivity index is 1.84. The van der Waals surface area contributed by atoms with Crippen molar-refractivity contribution in [3.05, 3.63) is 65.7 Å². The smallest absolute Gasteiger partial charge is 0.0639 e. The number of benzene rings is 2. The summed E-state index contributed by atoms with van der Waals surface area (Å²) >= 11 is 0. The van der Waals surface area contributed by atoms with Crippen molar-refractivity contribution in [1.82, 2.24) is 4.90 Å². The summed E-state index contributed by atoms with van der Waals surface area (Å²) in [6.45, 7) is 13.8. The van der Waals surface area contributed by atoms with Crippen LogP contribution < -0.4 is 4.90 Å². The molecule has 2 atom stereocenters. The quantitative estimate of drug-likeness (QED) is 0.427. The third kappa shape index (κ3) is 5.86. The largest absolute Gasteiger partial charge is 0.380 e. The van der Waals surface area contributed by atoms with Gasteiger partial charge in [-0.15, -0.1) is 0 Å². The number of nitrogens with zero attached hydrogens (tertiary/aromatic N) is 2. The molecule has 0 radical (unpaired) electrons. The molecule has 2 aromatic carbocycles. The third-order valence-electron chi connectivity index (χ3n) is 6.43. The van der Waals surface area contributed by atoms with Crippen LogP contribution in [-0.2, 0) is 11.2 Å². The fourth-order valence-electron chi connectivity index (χ4n) is 4.64. The van der Waals surface area contributed by atoms with Gasteiger partial charge in [-0.05, 0) is 55.5 Å². The fraction of sp³-hybridized carbons (Fsp3) is 0.556. The van der Waals surface area contributed by atoms with Crippen molar-refractivity contribution in [1.29, 1.82) is 0 Å². The first-order valence-corrected chi connectivity index (χ1v) is 11.8. The molecule has 3 rings (SSSR count). The summed E-state index contributed by atoms with van der Waals surface area (Å²) in [5.41, 5.74) is 4.30. The Morgan fingerprint density at radius 2 is 1.70 bits per heavy atom. The standard InChI is InChI=1S/C27H40N2O/c1-5-28(6-2)25(21-30-19-18-22(3)4)20-29-26-15-11-10-14-24(26)16-17-27(29)23-12-8-7-9-13-23/h7-15,22,25,27H,5-6,16-21H2,1-4H3. The number of ether oxygens (including phenoxy) is 1. The minimum atomic E-state index is 0.393. The second-order valence-electron chi connectivity index (χ2n) is 8.88. The molecule has 0 N–H and O–H groups in total. The lowest BCUT2D eigenvalue weighted by Crippen LogP contribution is -2.48. The molecule has 0 spiro atoms. The van der Waals surface area contributed by atoms with Gasteiger partial charge in [-0.2, -0.15) is 0 Å². The summed E-state index contributed by atoms with van der Waals surface area (Å²) in [5.74, 6) is 0.688. The minimum Gasteiger partial charge on any atom is -0.380 e. The van der Waals surface area contributed by atoms with E-state index in [0.29, 0.717) is 18.0 Å². The van der Waals surface area contributed by atoms with E-state index in [4.69, 9.17) is 4.74 Å². The molecule has 1 aliphatic heterocycles. The van der Waals surface area contributed by atoms with Crippen molar-refractivity contribution < 1.29 is 4.74 Å². The van der Waals surface area contributed by atoms with Crippen LogP contribution in [0.15, 0.2) is 54.6 Å². The van der Waals surface area contributed by atoms with Gasteiger partial charge in [0.15, 0.2) is 0 Å². The van der Waals surface area contributed by atoms with Crippen molar-refractivity contribution in [2.75, 3.05) is 37.7 Å². The van der Waals surface area contributed by atoms with Gasteiger partial charge in [-0.3, -0.25) is 4.90 Å². The molecular formula is C27H40N2O. The van der Waals surface area contributed by atoms with Gasteiger partial charge in [-0.25, -0.2) is 0 Å². The van der Waals surface area contributed by atoms with Gasteiger partial charge in [0.2, 0.25) is 0 Å². The van der Waals surface area contributed by atoms with Gasteiger partial charge in [0.1, 0.15) is 0 Å². The topological polar surface area (TPSA) is 15.7 Å². The number of fused-ring (bicyclic) bond motifs is 1. The van der Waals surface area contributed by atoms with E-state index in [1.165, 1.54) is 23.2 Å². The lowest BCUT2D eigenvalue weighted by atomic mass is 9.90.